The number of ketones is 1. The summed E-state index contributed by atoms with van der Waals surface area (Å²) < 4.78 is 33.7. The average Bonchev–Trinajstić information content (AvgIpc) is 2.83. The van der Waals surface area contributed by atoms with Crippen molar-refractivity contribution < 1.29 is 33.2 Å². The zero-order chi connectivity index (χ0) is 23.4. The molecule has 0 N–H and O–H groups in total. The van der Waals surface area contributed by atoms with Crippen molar-refractivity contribution in [2.75, 3.05) is 66.1 Å². The maximum atomic E-state index is 12.7. The van der Waals surface area contributed by atoms with E-state index in [-0.39, 0.29) is 5.78 Å². The van der Waals surface area contributed by atoms with E-state index < -0.39 is 0 Å². The Morgan fingerprint density at radius 3 is 1.70 bits per heavy atom. The van der Waals surface area contributed by atoms with Crippen molar-refractivity contribution in [1.82, 2.24) is 0 Å². The molecule has 0 spiro atoms. The Bertz CT molecular complexity index is 635. The van der Waals surface area contributed by atoms with Crippen molar-refractivity contribution in [2.45, 2.75) is 58.3 Å². The third-order valence-electron chi connectivity index (χ3n) is 5.36. The van der Waals surface area contributed by atoms with Gasteiger partial charge in [0.05, 0.1) is 52.9 Å². The van der Waals surface area contributed by atoms with E-state index in [1.54, 1.807) is 6.07 Å². The van der Waals surface area contributed by atoms with Gasteiger partial charge in [0.2, 0.25) is 0 Å². The van der Waals surface area contributed by atoms with Crippen LogP contribution in [0.3, 0.4) is 0 Å². The quantitative estimate of drug-likeness (QED) is 0.381. The maximum absolute atomic E-state index is 12.7. The summed E-state index contributed by atoms with van der Waals surface area (Å²) >= 11 is 0. The van der Waals surface area contributed by atoms with Crippen molar-refractivity contribution in [1.29, 1.82) is 0 Å². The van der Waals surface area contributed by atoms with Crippen molar-refractivity contribution >= 4 is 5.78 Å². The Labute approximate surface area is 199 Å². The minimum Gasteiger partial charge on any atom is -0.487 e. The van der Waals surface area contributed by atoms with Gasteiger partial charge in [0, 0.05) is 12.0 Å². The van der Waals surface area contributed by atoms with E-state index in [0.29, 0.717) is 89.6 Å². The molecule has 1 aromatic rings. The molecule has 0 saturated heterocycles. The van der Waals surface area contributed by atoms with Gasteiger partial charge < -0.3 is 28.4 Å². The van der Waals surface area contributed by atoms with Gasteiger partial charge in [0.15, 0.2) is 17.3 Å². The van der Waals surface area contributed by atoms with Crippen LogP contribution in [0.4, 0.5) is 0 Å². The minimum absolute atomic E-state index is 0.145. The van der Waals surface area contributed by atoms with Crippen molar-refractivity contribution in [3.8, 4) is 11.5 Å². The van der Waals surface area contributed by atoms with E-state index in [9.17, 15) is 4.79 Å². The molecule has 0 saturated carbocycles. The van der Waals surface area contributed by atoms with E-state index in [4.69, 9.17) is 28.4 Å². The lowest BCUT2D eigenvalue weighted by atomic mass is 10.0. The number of benzene rings is 1. The predicted octanol–water partition coefficient (Wildman–Crippen LogP) is 4.85. The first-order chi connectivity index (χ1) is 16.3. The highest BCUT2D eigenvalue weighted by Gasteiger charge is 2.12. The number of ether oxygens (including phenoxy) is 6. The average molecular weight is 467 g/mol. The summed E-state index contributed by atoms with van der Waals surface area (Å²) in [4.78, 5) is 12.7. The first-order valence-electron chi connectivity index (χ1n) is 12.5. The first-order valence-corrected chi connectivity index (χ1v) is 12.5. The Morgan fingerprint density at radius 1 is 0.636 bits per heavy atom. The molecule has 1 aromatic carbocycles. The molecule has 1 aliphatic heterocycles. The fraction of sp³-hybridized carbons (Fsp3) is 0.731. The van der Waals surface area contributed by atoms with E-state index in [1.165, 1.54) is 32.1 Å². The van der Waals surface area contributed by atoms with Crippen molar-refractivity contribution in [3.63, 3.8) is 0 Å². The van der Waals surface area contributed by atoms with E-state index in [0.717, 1.165) is 12.8 Å². The highest BCUT2D eigenvalue weighted by molar-refractivity contribution is 5.96. The molecule has 1 heterocycles. The molecule has 0 aromatic heterocycles. The Balaban J connectivity index is 1.85. The van der Waals surface area contributed by atoms with Crippen LogP contribution in [0.1, 0.15) is 68.6 Å². The molecule has 0 radical (unpaired) electrons. The molecular formula is C26H42O7. The fourth-order valence-corrected chi connectivity index (χ4v) is 3.48. The highest BCUT2D eigenvalue weighted by Crippen LogP contribution is 2.29. The summed E-state index contributed by atoms with van der Waals surface area (Å²) in [5.41, 5.74) is 0.660. The number of hydrogen-bond acceptors (Lipinski definition) is 7. The molecule has 7 heteroatoms. The van der Waals surface area contributed by atoms with E-state index in [1.807, 2.05) is 12.1 Å². The number of carbonyl (C=O) groups excluding carboxylic acids is 1. The van der Waals surface area contributed by atoms with Crippen molar-refractivity contribution in [2.24, 2.45) is 0 Å². The summed E-state index contributed by atoms with van der Waals surface area (Å²) in [5.74, 6) is 1.31. The molecule has 0 bridgehead atoms. The van der Waals surface area contributed by atoms with E-state index >= 15 is 0 Å². The normalized spacial score (nSPS) is 17.1. The molecule has 0 aliphatic carbocycles. The SMILES string of the molecule is CCCCCCCCCC(=O)c1ccc2c(c1)OCCOCCOCCOCCOCCO2. The maximum Gasteiger partial charge on any atom is 0.163 e. The molecule has 0 fully saturated rings. The monoisotopic (exact) mass is 466 g/mol. The lowest BCUT2D eigenvalue weighted by Gasteiger charge is -2.15. The van der Waals surface area contributed by atoms with Gasteiger partial charge in [-0.15, -0.1) is 0 Å². The first kappa shape index (κ1) is 27.6. The standard InChI is InChI=1S/C26H42O7/c1-2-3-4-5-6-7-8-9-24(27)23-10-11-25-26(22-23)33-21-19-31-17-15-29-13-12-28-14-16-30-18-20-32-25/h10-11,22H,2-9,12-21H2,1H3. The lowest BCUT2D eigenvalue weighted by molar-refractivity contribution is -0.00842. The summed E-state index contributed by atoms with van der Waals surface area (Å²) in [6, 6.07) is 5.42. The molecule has 0 atom stereocenters. The van der Waals surface area contributed by atoms with Crippen LogP contribution >= 0.6 is 0 Å². The molecule has 33 heavy (non-hydrogen) atoms. The van der Waals surface area contributed by atoms with Crippen LogP contribution < -0.4 is 9.47 Å². The van der Waals surface area contributed by atoms with Gasteiger partial charge >= 0.3 is 0 Å². The largest absolute Gasteiger partial charge is 0.487 e. The van der Waals surface area contributed by atoms with Gasteiger partial charge in [-0.3, -0.25) is 4.79 Å². The zero-order valence-electron chi connectivity index (χ0n) is 20.3. The van der Waals surface area contributed by atoms with Crippen LogP contribution in [0.2, 0.25) is 0 Å². The van der Waals surface area contributed by atoms with Gasteiger partial charge in [-0.05, 0) is 24.6 Å². The fourth-order valence-electron chi connectivity index (χ4n) is 3.48. The summed E-state index contributed by atoms with van der Waals surface area (Å²) in [7, 11) is 0. The molecule has 0 amide bonds. The number of hydrogen-bond donors (Lipinski definition) is 0. The van der Waals surface area contributed by atoms with Gasteiger partial charge in [-0.25, -0.2) is 0 Å². The number of carbonyl (C=O) groups is 1. The second kappa shape index (κ2) is 18.7. The topological polar surface area (TPSA) is 72.5 Å². The number of fused-ring (bicyclic) bond motifs is 1. The second-order valence-corrected chi connectivity index (χ2v) is 8.10. The summed E-state index contributed by atoms with van der Waals surface area (Å²) in [6.07, 6.45) is 8.91. The minimum atomic E-state index is 0.145. The number of Topliss-reactive ketones (excluding diaryl/α,β-unsaturated/α-hetero) is 1. The van der Waals surface area contributed by atoms with Gasteiger partial charge in [-0.1, -0.05) is 45.4 Å². The summed E-state index contributed by atoms with van der Waals surface area (Å²) in [6.45, 7) is 6.95. The van der Waals surface area contributed by atoms with Gasteiger partial charge in [0.25, 0.3) is 0 Å². The molecule has 1 aliphatic rings. The molecular weight excluding hydrogens is 424 g/mol. The Morgan fingerprint density at radius 2 is 1.12 bits per heavy atom. The summed E-state index contributed by atoms with van der Waals surface area (Å²) in [5, 5.41) is 0. The van der Waals surface area contributed by atoms with Gasteiger partial charge in [-0.2, -0.15) is 0 Å². The van der Waals surface area contributed by atoms with Crippen LogP contribution in [0.5, 0.6) is 11.5 Å². The second-order valence-electron chi connectivity index (χ2n) is 8.10. The Hall–Kier alpha value is -1.67. The number of unbranched alkanes of at least 4 members (excludes halogenated alkanes) is 6. The smallest absolute Gasteiger partial charge is 0.163 e. The predicted molar refractivity (Wildman–Crippen MR) is 128 cm³/mol. The Kier molecular flexibility index (Phi) is 15.6. The van der Waals surface area contributed by atoms with Crippen LogP contribution in [-0.4, -0.2) is 71.9 Å². The number of rotatable bonds is 9. The molecule has 2 rings (SSSR count). The molecule has 188 valence electrons. The van der Waals surface area contributed by atoms with Crippen LogP contribution in [-0.2, 0) is 18.9 Å². The van der Waals surface area contributed by atoms with E-state index in [2.05, 4.69) is 6.92 Å². The molecule has 0 unspecified atom stereocenters. The van der Waals surface area contributed by atoms with Gasteiger partial charge in [0.1, 0.15) is 13.2 Å². The van der Waals surface area contributed by atoms with Crippen LogP contribution in [0.15, 0.2) is 18.2 Å². The third-order valence-corrected chi connectivity index (χ3v) is 5.36. The highest BCUT2D eigenvalue weighted by atomic mass is 16.6. The van der Waals surface area contributed by atoms with Crippen LogP contribution in [0.25, 0.3) is 0 Å². The van der Waals surface area contributed by atoms with Crippen molar-refractivity contribution in [3.05, 3.63) is 23.8 Å². The third kappa shape index (κ3) is 13.0. The lowest BCUT2D eigenvalue weighted by Crippen LogP contribution is -2.16. The van der Waals surface area contributed by atoms with Crippen LogP contribution in [0, 0.1) is 0 Å². The molecule has 7 nitrogen and oxygen atoms in total. The zero-order valence-corrected chi connectivity index (χ0v) is 20.3.